The highest BCUT2D eigenvalue weighted by Gasteiger charge is 2.07. The highest BCUT2D eigenvalue weighted by Crippen LogP contribution is 2.31. The average molecular weight is 258 g/mol. The number of rotatable bonds is 3. The zero-order chi connectivity index (χ0) is 13.8. The van der Waals surface area contributed by atoms with Crippen LogP contribution in [0.1, 0.15) is 0 Å². The van der Waals surface area contributed by atoms with Gasteiger partial charge in [-0.05, 0) is 23.3 Å². The predicted octanol–water partition coefficient (Wildman–Crippen LogP) is 2.51. The van der Waals surface area contributed by atoms with Gasteiger partial charge in [-0.2, -0.15) is 0 Å². The first-order valence-corrected chi connectivity index (χ1v) is 5.68. The molecule has 0 bridgehead atoms. The fourth-order valence-electron chi connectivity index (χ4n) is 1.48. The average Bonchev–Trinajstić information content (AvgIpc) is 2.39. The van der Waals surface area contributed by atoms with Gasteiger partial charge in [0.2, 0.25) is 0 Å². The Labute approximate surface area is 110 Å². The van der Waals surface area contributed by atoms with Crippen molar-refractivity contribution in [3.8, 4) is 5.75 Å². The van der Waals surface area contributed by atoms with E-state index in [1.807, 2.05) is 25.1 Å². The molecule has 0 unspecified atom stereocenters. The number of aromatic nitrogens is 1. The van der Waals surface area contributed by atoms with Gasteiger partial charge in [-0.15, -0.1) is 0 Å². The number of hydrogen-bond acceptors (Lipinski definition) is 5. The third kappa shape index (κ3) is 2.98. The van der Waals surface area contributed by atoms with E-state index < -0.39 is 0 Å². The second-order valence-electron chi connectivity index (χ2n) is 4.15. The largest absolute Gasteiger partial charge is 0.710 e. The zero-order valence-corrected chi connectivity index (χ0v) is 10.7. The Morgan fingerprint density at radius 2 is 1.95 bits per heavy atom. The molecule has 0 spiro atoms. The van der Waals surface area contributed by atoms with Crippen molar-refractivity contribution in [3.05, 3.63) is 47.8 Å². The quantitative estimate of drug-likeness (QED) is 0.522. The van der Waals surface area contributed by atoms with Gasteiger partial charge >= 0.3 is 5.82 Å². The number of pyridine rings is 1. The molecule has 98 valence electrons. The number of anilines is 1. The molecule has 2 rings (SSSR count). The van der Waals surface area contributed by atoms with Crippen LogP contribution in [0.25, 0.3) is 0 Å². The highest BCUT2D eigenvalue weighted by atomic mass is 16.5. The maximum absolute atomic E-state index is 11.4. The SMILES string of the molecule is CN(C)c1ccc(N=Nc2cccc[n+]2[O-])c(O)c1. The summed E-state index contributed by atoms with van der Waals surface area (Å²) in [6.07, 6.45) is 1.34. The van der Waals surface area contributed by atoms with Crippen molar-refractivity contribution in [1.29, 1.82) is 0 Å². The number of azo groups is 1. The molecule has 0 radical (unpaired) electrons. The van der Waals surface area contributed by atoms with E-state index in [4.69, 9.17) is 0 Å². The van der Waals surface area contributed by atoms with Crippen molar-refractivity contribution in [2.75, 3.05) is 19.0 Å². The van der Waals surface area contributed by atoms with Gasteiger partial charge < -0.3 is 15.2 Å². The van der Waals surface area contributed by atoms with Crippen molar-refractivity contribution < 1.29 is 9.84 Å². The lowest BCUT2D eigenvalue weighted by atomic mass is 10.2. The zero-order valence-electron chi connectivity index (χ0n) is 10.7. The summed E-state index contributed by atoms with van der Waals surface area (Å²) in [6.45, 7) is 0. The standard InChI is InChI=1S/C13H14N4O2/c1-16(2)10-6-7-11(12(18)9-10)14-15-13-5-3-4-8-17(13)19/h3-9,18H,1-2H3. The van der Waals surface area contributed by atoms with Crippen LogP contribution < -0.4 is 9.63 Å². The molecular formula is C13H14N4O2. The van der Waals surface area contributed by atoms with Gasteiger partial charge in [-0.25, -0.2) is 4.73 Å². The number of benzene rings is 1. The van der Waals surface area contributed by atoms with Gasteiger partial charge in [-0.3, -0.25) is 0 Å². The Morgan fingerprint density at radius 1 is 1.16 bits per heavy atom. The molecular weight excluding hydrogens is 244 g/mol. The van der Waals surface area contributed by atoms with Crippen LogP contribution >= 0.6 is 0 Å². The van der Waals surface area contributed by atoms with Crippen molar-refractivity contribution >= 4 is 17.2 Å². The summed E-state index contributed by atoms with van der Waals surface area (Å²) >= 11 is 0. The van der Waals surface area contributed by atoms with Crippen LogP contribution in [0.5, 0.6) is 5.75 Å². The molecule has 1 aromatic heterocycles. The van der Waals surface area contributed by atoms with Gasteiger partial charge in [0.15, 0.2) is 5.69 Å². The summed E-state index contributed by atoms with van der Waals surface area (Å²) in [5.74, 6) is 0.182. The molecule has 0 aliphatic heterocycles. The van der Waals surface area contributed by atoms with Gasteiger partial charge in [0.25, 0.3) is 0 Å². The molecule has 0 saturated heterocycles. The first-order valence-electron chi connectivity index (χ1n) is 5.68. The Morgan fingerprint density at radius 3 is 2.58 bits per heavy atom. The maximum atomic E-state index is 11.4. The Bertz CT molecular complexity index is 611. The van der Waals surface area contributed by atoms with Gasteiger partial charge in [0.1, 0.15) is 5.75 Å². The van der Waals surface area contributed by atoms with E-state index in [1.165, 1.54) is 6.20 Å². The van der Waals surface area contributed by atoms with Crippen LogP contribution in [0.3, 0.4) is 0 Å². The first kappa shape index (κ1) is 12.8. The van der Waals surface area contributed by atoms with Crippen LogP contribution in [-0.4, -0.2) is 19.2 Å². The molecule has 0 amide bonds. The van der Waals surface area contributed by atoms with Crippen molar-refractivity contribution in [1.82, 2.24) is 0 Å². The fourth-order valence-corrected chi connectivity index (χ4v) is 1.48. The molecule has 0 aliphatic carbocycles. The smallest absolute Gasteiger partial charge is 0.353 e. The van der Waals surface area contributed by atoms with E-state index in [1.54, 1.807) is 30.3 Å². The van der Waals surface area contributed by atoms with Crippen molar-refractivity contribution in [2.45, 2.75) is 0 Å². The molecule has 1 aromatic carbocycles. The van der Waals surface area contributed by atoms with Crippen molar-refractivity contribution in [2.24, 2.45) is 10.2 Å². The van der Waals surface area contributed by atoms with E-state index in [9.17, 15) is 10.3 Å². The molecule has 2 aromatic rings. The number of phenolic OH excluding ortho intramolecular Hbond substituents is 1. The molecule has 1 N–H and O–H groups in total. The maximum Gasteiger partial charge on any atom is 0.353 e. The lowest BCUT2D eigenvalue weighted by Crippen LogP contribution is -2.24. The molecule has 0 saturated carbocycles. The minimum Gasteiger partial charge on any atom is -0.710 e. The van der Waals surface area contributed by atoms with Crippen LogP contribution in [-0.2, 0) is 0 Å². The third-order valence-electron chi connectivity index (χ3n) is 2.54. The van der Waals surface area contributed by atoms with E-state index in [2.05, 4.69) is 10.2 Å². The lowest BCUT2D eigenvalue weighted by molar-refractivity contribution is -0.591. The van der Waals surface area contributed by atoms with Gasteiger partial charge in [0, 0.05) is 31.9 Å². The molecule has 0 fully saturated rings. The third-order valence-corrected chi connectivity index (χ3v) is 2.54. The summed E-state index contributed by atoms with van der Waals surface area (Å²) in [5.41, 5.74) is 1.17. The number of aromatic hydroxyl groups is 1. The second kappa shape index (κ2) is 5.34. The molecule has 19 heavy (non-hydrogen) atoms. The minimum absolute atomic E-state index is 0.0170. The fraction of sp³-hybridized carbons (Fsp3) is 0.154. The Balaban J connectivity index is 2.27. The molecule has 1 heterocycles. The van der Waals surface area contributed by atoms with Crippen LogP contribution in [0.15, 0.2) is 52.8 Å². The number of phenols is 1. The van der Waals surface area contributed by atoms with E-state index in [0.29, 0.717) is 10.4 Å². The topological polar surface area (TPSA) is 75.1 Å². The molecule has 0 aliphatic rings. The summed E-state index contributed by atoms with van der Waals surface area (Å²) in [6, 6.07) is 9.88. The van der Waals surface area contributed by atoms with E-state index in [-0.39, 0.29) is 11.6 Å². The monoisotopic (exact) mass is 258 g/mol. The molecule has 0 atom stereocenters. The Hall–Kier alpha value is -2.63. The molecule has 6 nitrogen and oxygen atoms in total. The van der Waals surface area contributed by atoms with Crippen LogP contribution in [0.4, 0.5) is 17.2 Å². The minimum atomic E-state index is 0.0170. The van der Waals surface area contributed by atoms with E-state index >= 15 is 0 Å². The summed E-state index contributed by atoms with van der Waals surface area (Å²) in [4.78, 5) is 1.86. The van der Waals surface area contributed by atoms with Gasteiger partial charge in [-0.1, -0.05) is 6.07 Å². The molecule has 6 heteroatoms. The summed E-state index contributed by atoms with van der Waals surface area (Å²) in [5, 5.41) is 28.9. The Kier molecular flexibility index (Phi) is 3.61. The van der Waals surface area contributed by atoms with Gasteiger partial charge in [0.05, 0.1) is 11.3 Å². The van der Waals surface area contributed by atoms with Crippen LogP contribution in [0.2, 0.25) is 0 Å². The summed E-state index contributed by atoms with van der Waals surface area (Å²) < 4.78 is 0.606. The normalized spacial score (nSPS) is 10.8. The van der Waals surface area contributed by atoms with E-state index in [0.717, 1.165) is 5.69 Å². The number of hydrogen-bond donors (Lipinski definition) is 1. The number of nitrogens with zero attached hydrogens (tertiary/aromatic N) is 4. The van der Waals surface area contributed by atoms with Crippen molar-refractivity contribution in [3.63, 3.8) is 0 Å². The highest BCUT2D eigenvalue weighted by molar-refractivity contribution is 5.60. The van der Waals surface area contributed by atoms with Crippen LogP contribution in [0, 0.1) is 5.21 Å². The first-order chi connectivity index (χ1) is 9.08. The second-order valence-corrected chi connectivity index (χ2v) is 4.15. The summed E-state index contributed by atoms with van der Waals surface area (Å²) in [7, 11) is 3.75. The lowest BCUT2D eigenvalue weighted by Gasteiger charge is -2.12. The predicted molar refractivity (Wildman–Crippen MR) is 72.0 cm³/mol.